The fourth-order valence-electron chi connectivity index (χ4n) is 2.98. The molecule has 2 heterocycles. The Hall–Kier alpha value is -1.35. The molecule has 3 rings (SSSR count). The summed E-state index contributed by atoms with van der Waals surface area (Å²) < 4.78 is 40.6. The number of halogens is 4. The Bertz CT molecular complexity index is 725. The molecule has 0 saturated heterocycles. The van der Waals surface area contributed by atoms with E-state index in [4.69, 9.17) is 0 Å². The summed E-state index contributed by atoms with van der Waals surface area (Å²) in [4.78, 5) is 3.98. The number of hydrogen-bond acceptors (Lipinski definition) is 4. The molecule has 0 bridgehead atoms. The second kappa shape index (κ2) is 6.51. The maximum Gasteiger partial charge on any atom is 0.408 e. The van der Waals surface area contributed by atoms with Crippen molar-refractivity contribution >= 4 is 27.4 Å². The lowest BCUT2D eigenvalue weighted by Gasteiger charge is -2.25. The molecule has 0 spiro atoms. The molecule has 1 fully saturated rings. The predicted molar refractivity (Wildman–Crippen MR) is 87.0 cm³/mol. The highest BCUT2D eigenvalue weighted by Gasteiger charge is 2.36. The molecule has 2 N–H and O–H groups in total. The van der Waals surface area contributed by atoms with E-state index < -0.39 is 12.2 Å². The Balaban J connectivity index is 1.91. The van der Waals surface area contributed by atoms with Gasteiger partial charge in [-0.1, -0.05) is 0 Å². The van der Waals surface area contributed by atoms with Crippen LogP contribution in [0.15, 0.2) is 16.7 Å². The van der Waals surface area contributed by atoms with E-state index in [9.17, 15) is 18.3 Å². The zero-order valence-corrected chi connectivity index (χ0v) is 14.6. The van der Waals surface area contributed by atoms with Crippen molar-refractivity contribution in [1.29, 1.82) is 0 Å². The second-order valence-electron chi connectivity index (χ2n) is 6.21. The van der Waals surface area contributed by atoms with Gasteiger partial charge in [-0.05, 0) is 54.6 Å². The number of alkyl halides is 3. The Morgan fingerprint density at radius 2 is 2.00 bits per heavy atom. The quantitative estimate of drug-likeness (QED) is 0.811. The van der Waals surface area contributed by atoms with Crippen LogP contribution >= 0.6 is 15.9 Å². The van der Waals surface area contributed by atoms with Gasteiger partial charge in [0.15, 0.2) is 0 Å². The maximum atomic E-state index is 12.7. The number of rotatable bonds is 3. The largest absolute Gasteiger partial charge is 0.408 e. The van der Waals surface area contributed by atoms with Gasteiger partial charge >= 0.3 is 6.18 Å². The highest BCUT2D eigenvalue weighted by Crippen LogP contribution is 2.36. The summed E-state index contributed by atoms with van der Waals surface area (Å²) in [7, 11) is 0. The standard InChI is InChI=1S/C15H18BrF3N4O/c1-8(15(17,18)19)21-14-20-7-13-11(16)6-12(23(13)22-14)9-2-4-10(24)5-3-9/h6-10,24H,2-5H2,1H3,(H,21,22)/t8-,9?,10?/m1/s1. The maximum absolute atomic E-state index is 12.7. The molecule has 0 unspecified atom stereocenters. The van der Waals surface area contributed by atoms with Crippen LogP contribution in [0, 0.1) is 0 Å². The Kier molecular flexibility index (Phi) is 4.74. The van der Waals surface area contributed by atoms with Crippen molar-refractivity contribution in [3.05, 3.63) is 22.4 Å². The van der Waals surface area contributed by atoms with E-state index in [-0.39, 0.29) is 18.0 Å². The fraction of sp³-hybridized carbons (Fsp3) is 0.600. The fourth-order valence-corrected chi connectivity index (χ4v) is 3.48. The molecule has 0 aromatic carbocycles. The summed E-state index contributed by atoms with van der Waals surface area (Å²) in [6.45, 7) is 1.03. The average molecular weight is 407 g/mol. The minimum Gasteiger partial charge on any atom is -0.393 e. The van der Waals surface area contributed by atoms with Gasteiger partial charge < -0.3 is 10.4 Å². The number of nitrogens with zero attached hydrogens (tertiary/aromatic N) is 3. The monoisotopic (exact) mass is 406 g/mol. The number of fused-ring (bicyclic) bond motifs is 1. The van der Waals surface area contributed by atoms with E-state index >= 15 is 0 Å². The molecule has 9 heteroatoms. The van der Waals surface area contributed by atoms with Crippen molar-refractivity contribution in [1.82, 2.24) is 14.6 Å². The van der Waals surface area contributed by atoms with Gasteiger partial charge in [-0.3, -0.25) is 0 Å². The van der Waals surface area contributed by atoms with Crippen molar-refractivity contribution < 1.29 is 18.3 Å². The van der Waals surface area contributed by atoms with E-state index in [1.807, 2.05) is 6.07 Å². The highest BCUT2D eigenvalue weighted by atomic mass is 79.9. The SMILES string of the molecule is C[C@@H](Nc1ncc2c(Br)cc(C3CCC(O)CC3)n2n1)C(F)(F)F. The third-order valence-corrected chi connectivity index (χ3v) is 5.08. The van der Waals surface area contributed by atoms with E-state index in [2.05, 4.69) is 31.3 Å². The van der Waals surface area contributed by atoms with Crippen LogP contribution in [0.1, 0.15) is 44.2 Å². The molecule has 1 aliphatic carbocycles. The summed E-state index contributed by atoms with van der Waals surface area (Å²) in [5.74, 6) is 0.155. The van der Waals surface area contributed by atoms with Gasteiger partial charge in [-0.25, -0.2) is 9.50 Å². The van der Waals surface area contributed by atoms with Crippen molar-refractivity contribution in [2.75, 3.05) is 5.32 Å². The predicted octanol–water partition coefficient (Wildman–Crippen LogP) is 3.87. The molecule has 5 nitrogen and oxygen atoms in total. The third kappa shape index (κ3) is 3.51. The Morgan fingerprint density at radius 3 is 2.62 bits per heavy atom. The first-order valence-corrected chi connectivity index (χ1v) is 8.60. The summed E-state index contributed by atoms with van der Waals surface area (Å²) >= 11 is 3.45. The van der Waals surface area contributed by atoms with Gasteiger partial charge in [0.25, 0.3) is 0 Å². The zero-order chi connectivity index (χ0) is 17.5. The topological polar surface area (TPSA) is 62.5 Å². The van der Waals surface area contributed by atoms with Gasteiger partial charge in [0.05, 0.1) is 17.8 Å². The number of aliphatic hydroxyl groups is 1. The second-order valence-corrected chi connectivity index (χ2v) is 7.06. The van der Waals surface area contributed by atoms with Crippen molar-refractivity contribution in [2.24, 2.45) is 0 Å². The van der Waals surface area contributed by atoms with Gasteiger partial charge in [-0.15, -0.1) is 5.10 Å². The van der Waals surface area contributed by atoms with E-state index in [0.29, 0.717) is 5.52 Å². The minimum atomic E-state index is -4.36. The highest BCUT2D eigenvalue weighted by molar-refractivity contribution is 9.10. The number of aromatic nitrogens is 3. The number of hydrogen-bond donors (Lipinski definition) is 2. The van der Waals surface area contributed by atoms with Crippen LogP contribution in [0.3, 0.4) is 0 Å². The van der Waals surface area contributed by atoms with Crippen molar-refractivity contribution in [3.63, 3.8) is 0 Å². The van der Waals surface area contributed by atoms with Crippen LogP contribution in [-0.4, -0.2) is 38.0 Å². The van der Waals surface area contributed by atoms with Crippen LogP contribution in [0.5, 0.6) is 0 Å². The van der Waals surface area contributed by atoms with E-state index in [0.717, 1.165) is 42.8 Å². The lowest BCUT2D eigenvalue weighted by molar-refractivity contribution is -0.138. The zero-order valence-electron chi connectivity index (χ0n) is 13.0. The van der Waals surface area contributed by atoms with Crippen LogP contribution in [0.2, 0.25) is 0 Å². The summed E-state index contributed by atoms with van der Waals surface area (Å²) in [6.07, 6.45) is -0.0398. The molecular formula is C15H18BrF3N4O. The minimum absolute atomic E-state index is 0.0625. The first-order valence-electron chi connectivity index (χ1n) is 7.81. The van der Waals surface area contributed by atoms with E-state index in [1.165, 1.54) is 6.20 Å². The number of anilines is 1. The van der Waals surface area contributed by atoms with Crippen molar-refractivity contribution in [2.45, 2.75) is 56.8 Å². The smallest absolute Gasteiger partial charge is 0.393 e. The number of nitrogens with one attached hydrogen (secondary N) is 1. The molecule has 1 saturated carbocycles. The normalized spacial score (nSPS) is 23.4. The molecule has 1 aliphatic rings. The average Bonchev–Trinajstić information content (AvgIpc) is 2.84. The molecule has 132 valence electrons. The molecule has 0 aliphatic heterocycles. The Morgan fingerprint density at radius 1 is 1.33 bits per heavy atom. The molecule has 1 atom stereocenters. The van der Waals surface area contributed by atoms with E-state index in [1.54, 1.807) is 4.52 Å². The van der Waals surface area contributed by atoms with Crippen LogP contribution in [0.4, 0.5) is 19.1 Å². The van der Waals surface area contributed by atoms with Crippen LogP contribution in [0.25, 0.3) is 5.52 Å². The van der Waals surface area contributed by atoms with Crippen molar-refractivity contribution in [3.8, 4) is 0 Å². The van der Waals surface area contributed by atoms with Gasteiger partial charge in [0, 0.05) is 16.1 Å². The molecule has 24 heavy (non-hydrogen) atoms. The third-order valence-electron chi connectivity index (χ3n) is 4.45. The lowest BCUT2D eigenvalue weighted by Crippen LogP contribution is -2.34. The molecule has 2 aromatic heterocycles. The molecular weight excluding hydrogens is 389 g/mol. The molecule has 0 amide bonds. The first kappa shape index (κ1) is 17.5. The van der Waals surface area contributed by atoms with Gasteiger partial charge in [0.2, 0.25) is 5.95 Å². The van der Waals surface area contributed by atoms with Crippen LogP contribution in [-0.2, 0) is 0 Å². The molecule has 2 aromatic rings. The van der Waals surface area contributed by atoms with Gasteiger partial charge in [-0.2, -0.15) is 13.2 Å². The summed E-state index contributed by atoms with van der Waals surface area (Å²) in [6, 6.07) is 0.200. The first-order chi connectivity index (χ1) is 11.3. The lowest BCUT2D eigenvalue weighted by atomic mass is 9.85. The Labute approximate surface area is 145 Å². The number of aliphatic hydroxyl groups excluding tert-OH is 1. The van der Waals surface area contributed by atoms with Gasteiger partial charge in [0.1, 0.15) is 6.04 Å². The molecule has 0 radical (unpaired) electrons. The summed E-state index contributed by atoms with van der Waals surface area (Å²) in [5, 5.41) is 16.2. The van der Waals surface area contributed by atoms with Crippen LogP contribution < -0.4 is 5.32 Å². The summed E-state index contributed by atoms with van der Waals surface area (Å²) in [5.41, 5.74) is 1.63.